The highest BCUT2D eigenvalue weighted by molar-refractivity contribution is 5.68. The average molecular weight is 173 g/mol. The average Bonchev–Trinajstić information content (AvgIpc) is 2.19. The number of aryl methyl sites for hydroxylation is 1. The lowest BCUT2D eigenvalue weighted by Gasteiger charge is -2.17. The maximum absolute atomic E-state index is 4.41. The summed E-state index contributed by atoms with van der Waals surface area (Å²) in [5.41, 5.74) is 4.17. The van der Waals surface area contributed by atoms with Crippen molar-refractivity contribution in [1.29, 1.82) is 0 Å². The van der Waals surface area contributed by atoms with Crippen LogP contribution in [0.15, 0.2) is 24.4 Å². The number of pyridine rings is 1. The Morgan fingerprint density at radius 2 is 2.38 bits per heavy atom. The fourth-order valence-corrected chi connectivity index (χ4v) is 1.97. The molecule has 0 unspecified atom stereocenters. The van der Waals surface area contributed by atoms with E-state index < -0.39 is 0 Å². The van der Waals surface area contributed by atoms with Gasteiger partial charge in [0.05, 0.1) is 0 Å². The van der Waals surface area contributed by atoms with E-state index in [0.717, 1.165) is 12.8 Å². The van der Waals surface area contributed by atoms with Crippen molar-refractivity contribution in [2.45, 2.75) is 32.6 Å². The molecule has 1 aromatic heterocycles. The number of hydrogen-bond acceptors (Lipinski definition) is 1. The van der Waals surface area contributed by atoms with E-state index >= 15 is 0 Å². The van der Waals surface area contributed by atoms with Crippen LogP contribution in [0.4, 0.5) is 0 Å². The van der Waals surface area contributed by atoms with Crippen LogP contribution in [-0.2, 0) is 6.42 Å². The Labute approximate surface area is 79.5 Å². The van der Waals surface area contributed by atoms with E-state index in [2.05, 4.69) is 24.1 Å². The summed E-state index contributed by atoms with van der Waals surface area (Å²) in [6.45, 7) is 2.19. The molecular weight excluding hydrogens is 158 g/mol. The van der Waals surface area contributed by atoms with Gasteiger partial charge in [0.25, 0.3) is 0 Å². The second-order valence-electron chi connectivity index (χ2n) is 3.49. The predicted octanol–water partition coefficient (Wildman–Crippen LogP) is 3.21. The minimum absolute atomic E-state index is 1.13. The van der Waals surface area contributed by atoms with Gasteiger partial charge in [-0.2, -0.15) is 0 Å². The molecule has 1 aromatic rings. The molecule has 1 nitrogen and oxygen atoms in total. The van der Waals surface area contributed by atoms with E-state index in [4.69, 9.17) is 0 Å². The Morgan fingerprint density at radius 1 is 1.46 bits per heavy atom. The third-order valence-electron chi connectivity index (χ3n) is 2.55. The van der Waals surface area contributed by atoms with Crippen molar-refractivity contribution in [2.24, 2.45) is 0 Å². The van der Waals surface area contributed by atoms with Crippen LogP contribution in [0.2, 0.25) is 0 Å². The van der Waals surface area contributed by atoms with Crippen LogP contribution in [0, 0.1) is 0 Å². The van der Waals surface area contributed by atoms with Crippen LogP contribution in [0.3, 0.4) is 0 Å². The highest BCUT2D eigenvalue weighted by atomic mass is 14.7. The molecule has 0 spiro atoms. The third kappa shape index (κ3) is 1.64. The SMILES string of the molecule is CC/C=C1\CCCc2ncccc21. The zero-order chi connectivity index (χ0) is 9.10. The van der Waals surface area contributed by atoms with Gasteiger partial charge in [-0.05, 0) is 42.9 Å². The number of fused-ring (bicyclic) bond motifs is 1. The standard InChI is InChI=1S/C12H15N/c1-2-5-10-6-3-8-12-11(10)7-4-9-13-12/h4-5,7,9H,2-3,6,8H2,1H3/b10-5+. The molecule has 0 amide bonds. The summed E-state index contributed by atoms with van der Waals surface area (Å²) in [6, 6.07) is 4.23. The van der Waals surface area contributed by atoms with Crippen LogP contribution in [0.5, 0.6) is 0 Å². The Bertz CT molecular complexity index is 326. The molecule has 68 valence electrons. The quantitative estimate of drug-likeness (QED) is 0.635. The lowest BCUT2D eigenvalue weighted by Crippen LogP contribution is -2.03. The monoisotopic (exact) mass is 173 g/mol. The second kappa shape index (κ2) is 3.73. The van der Waals surface area contributed by atoms with Gasteiger partial charge in [-0.15, -0.1) is 0 Å². The number of allylic oxidation sites excluding steroid dienone is 2. The lowest BCUT2D eigenvalue weighted by molar-refractivity contribution is 0.791. The van der Waals surface area contributed by atoms with Gasteiger partial charge in [-0.1, -0.05) is 19.1 Å². The van der Waals surface area contributed by atoms with E-state index in [0.29, 0.717) is 0 Å². The molecule has 0 fully saturated rings. The van der Waals surface area contributed by atoms with Crippen molar-refractivity contribution in [3.8, 4) is 0 Å². The lowest BCUT2D eigenvalue weighted by atomic mass is 9.90. The molecule has 13 heavy (non-hydrogen) atoms. The normalized spacial score (nSPS) is 18.7. The first kappa shape index (κ1) is 8.49. The molecule has 0 atom stereocenters. The van der Waals surface area contributed by atoms with E-state index in [1.54, 1.807) is 0 Å². The number of rotatable bonds is 1. The maximum atomic E-state index is 4.41. The molecule has 0 radical (unpaired) electrons. The van der Waals surface area contributed by atoms with Crippen LogP contribution in [-0.4, -0.2) is 4.98 Å². The van der Waals surface area contributed by atoms with Crippen molar-refractivity contribution >= 4 is 5.57 Å². The summed E-state index contributed by atoms with van der Waals surface area (Å²) < 4.78 is 0. The van der Waals surface area contributed by atoms with Crippen molar-refractivity contribution in [3.63, 3.8) is 0 Å². The molecule has 0 saturated heterocycles. The molecule has 0 saturated carbocycles. The summed E-state index contributed by atoms with van der Waals surface area (Å²) in [6.07, 6.45) is 9.00. The fourth-order valence-electron chi connectivity index (χ4n) is 1.97. The topological polar surface area (TPSA) is 12.9 Å². The van der Waals surface area contributed by atoms with Gasteiger partial charge in [0.1, 0.15) is 0 Å². The minimum atomic E-state index is 1.13. The highest BCUT2D eigenvalue weighted by Crippen LogP contribution is 2.29. The second-order valence-corrected chi connectivity index (χ2v) is 3.49. The van der Waals surface area contributed by atoms with Crippen LogP contribution < -0.4 is 0 Å². The summed E-state index contributed by atoms with van der Waals surface area (Å²) in [5.74, 6) is 0. The van der Waals surface area contributed by atoms with Gasteiger partial charge in [0.15, 0.2) is 0 Å². The molecule has 1 heteroatoms. The van der Waals surface area contributed by atoms with E-state index in [1.807, 2.05) is 12.3 Å². The Hall–Kier alpha value is -1.11. The van der Waals surface area contributed by atoms with Crippen molar-refractivity contribution in [3.05, 3.63) is 35.7 Å². The van der Waals surface area contributed by atoms with Crippen molar-refractivity contribution in [2.75, 3.05) is 0 Å². The van der Waals surface area contributed by atoms with Crippen LogP contribution in [0.25, 0.3) is 5.57 Å². The third-order valence-corrected chi connectivity index (χ3v) is 2.55. The van der Waals surface area contributed by atoms with Crippen molar-refractivity contribution in [1.82, 2.24) is 4.98 Å². The number of hydrogen-bond donors (Lipinski definition) is 0. The summed E-state index contributed by atoms with van der Waals surface area (Å²) in [7, 11) is 0. The van der Waals surface area contributed by atoms with Gasteiger partial charge < -0.3 is 0 Å². The summed E-state index contributed by atoms with van der Waals surface area (Å²) in [4.78, 5) is 4.41. The minimum Gasteiger partial charge on any atom is -0.261 e. The summed E-state index contributed by atoms with van der Waals surface area (Å²) in [5, 5.41) is 0. The highest BCUT2D eigenvalue weighted by Gasteiger charge is 2.13. The van der Waals surface area contributed by atoms with Gasteiger partial charge in [-0.3, -0.25) is 4.98 Å². The van der Waals surface area contributed by atoms with E-state index in [1.165, 1.54) is 29.7 Å². The van der Waals surface area contributed by atoms with Gasteiger partial charge in [0.2, 0.25) is 0 Å². The Balaban J connectivity index is 2.42. The fraction of sp³-hybridized carbons (Fsp3) is 0.417. The van der Waals surface area contributed by atoms with Crippen LogP contribution >= 0.6 is 0 Å². The molecule has 0 aliphatic heterocycles. The molecule has 0 aromatic carbocycles. The smallest absolute Gasteiger partial charge is 0.0478 e. The predicted molar refractivity (Wildman–Crippen MR) is 55.4 cm³/mol. The molecule has 1 aliphatic carbocycles. The molecular formula is C12H15N. The number of nitrogens with zero attached hydrogens (tertiary/aromatic N) is 1. The Kier molecular flexibility index (Phi) is 2.44. The molecule has 2 rings (SSSR count). The number of aromatic nitrogens is 1. The first-order valence-electron chi connectivity index (χ1n) is 5.05. The molecule has 1 aliphatic rings. The van der Waals surface area contributed by atoms with E-state index in [9.17, 15) is 0 Å². The van der Waals surface area contributed by atoms with Crippen LogP contribution in [0.1, 0.15) is 37.4 Å². The maximum Gasteiger partial charge on any atom is 0.0478 e. The summed E-state index contributed by atoms with van der Waals surface area (Å²) >= 11 is 0. The zero-order valence-corrected chi connectivity index (χ0v) is 8.09. The first-order valence-corrected chi connectivity index (χ1v) is 5.05. The zero-order valence-electron chi connectivity index (χ0n) is 8.09. The van der Waals surface area contributed by atoms with Gasteiger partial charge in [-0.25, -0.2) is 0 Å². The first-order chi connectivity index (χ1) is 6.42. The van der Waals surface area contributed by atoms with E-state index in [-0.39, 0.29) is 0 Å². The van der Waals surface area contributed by atoms with Gasteiger partial charge >= 0.3 is 0 Å². The molecule has 0 bridgehead atoms. The van der Waals surface area contributed by atoms with Gasteiger partial charge in [0, 0.05) is 11.9 Å². The molecule has 1 heterocycles. The largest absolute Gasteiger partial charge is 0.261 e. The Morgan fingerprint density at radius 3 is 3.23 bits per heavy atom. The van der Waals surface area contributed by atoms with Crippen molar-refractivity contribution < 1.29 is 0 Å². The molecule has 0 N–H and O–H groups in total.